The highest BCUT2D eigenvalue weighted by atomic mass is 16.7. The second-order valence-electron chi connectivity index (χ2n) is 3.66. The van der Waals surface area contributed by atoms with Gasteiger partial charge in [-0.1, -0.05) is 29.8 Å². The molecule has 0 aliphatic carbocycles. The van der Waals surface area contributed by atoms with Crippen LogP contribution in [0.25, 0.3) is 0 Å². The zero-order valence-corrected chi connectivity index (χ0v) is 8.73. The van der Waals surface area contributed by atoms with Crippen molar-refractivity contribution in [2.24, 2.45) is 0 Å². The van der Waals surface area contributed by atoms with Gasteiger partial charge in [-0.25, -0.2) is 0 Å². The molecule has 1 aliphatic rings. The molecule has 0 unspecified atom stereocenters. The maximum atomic E-state index is 11.8. The second kappa shape index (κ2) is 4.55. The fourth-order valence-electron chi connectivity index (χ4n) is 1.53. The highest BCUT2D eigenvalue weighted by molar-refractivity contribution is 5.96. The molecule has 3 heteroatoms. The van der Waals surface area contributed by atoms with Gasteiger partial charge in [-0.15, -0.1) is 0 Å². The first-order valence-corrected chi connectivity index (χ1v) is 5.09. The van der Waals surface area contributed by atoms with Gasteiger partial charge in [0.05, 0.1) is 19.6 Å². The first-order valence-electron chi connectivity index (χ1n) is 5.09. The molecular weight excluding hydrogens is 192 g/mol. The summed E-state index contributed by atoms with van der Waals surface area (Å²) >= 11 is 0. The summed E-state index contributed by atoms with van der Waals surface area (Å²) in [7, 11) is 0. The Morgan fingerprint density at radius 1 is 1.27 bits per heavy atom. The van der Waals surface area contributed by atoms with Crippen molar-refractivity contribution in [2.45, 2.75) is 19.6 Å². The van der Waals surface area contributed by atoms with Gasteiger partial charge in [-0.05, 0) is 6.92 Å². The van der Waals surface area contributed by atoms with E-state index in [9.17, 15) is 4.79 Å². The van der Waals surface area contributed by atoms with Crippen LogP contribution in [0.2, 0.25) is 0 Å². The van der Waals surface area contributed by atoms with E-state index in [0.29, 0.717) is 19.6 Å². The molecule has 0 amide bonds. The standard InChI is InChI=1S/C12H14O3/c1-9-2-4-10(5-3-9)11(13)8-12-14-6-7-15-12/h2-5,12H,6-8H2,1H3. The first kappa shape index (κ1) is 10.3. The number of rotatable bonds is 3. The van der Waals surface area contributed by atoms with E-state index < -0.39 is 0 Å². The third-order valence-corrected chi connectivity index (χ3v) is 2.42. The molecule has 1 aromatic rings. The number of ether oxygens (including phenoxy) is 2. The topological polar surface area (TPSA) is 35.5 Å². The smallest absolute Gasteiger partial charge is 0.167 e. The average Bonchev–Trinajstić information content (AvgIpc) is 2.71. The number of ketones is 1. The SMILES string of the molecule is Cc1ccc(C(=O)CC2OCCO2)cc1. The Balaban J connectivity index is 1.98. The molecule has 0 atom stereocenters. The van der Waals surface area contributed by atoms with Crippen molar-refractivity contribution in [1.29, 1.82) is 0 Å². The highest BCUT2D eigenvalue weighted by Crippen LogP contribution is 2.13. The lowest BCUT2D eigenvalue weighted by Gasteiger charge is -2.07. The van der Waals surface area contributed by atoms with Gasteiger partial charge in [-0.2, -0.15) is 0 Å². The zero-order chi connectivity index (χ0) is 10.7. The number of hydrogen-bond acceptors (Lipinski definition) is 3. The molecule has 80 valence electrons. The summed E-state index contributed by atoms with van der Waals surface area (Å²) in [6, 6.07) is 7.55. The van der Waals surface area contributed by atoms with Crippen LogP contribution in [0.4, 0.5) is 0 Å². The van der Waals surface area contributed by atoms with Crippen molar-refractivity contribution >= 4 is 5.78 Å². The molecule has 1 saturated heterocycles. The molecule has 0 spiro atoms. The second-order valence-corrected chi connectivity index (χ2v) is 3.66. The van der Waals surface area contributed by atoms with Crippen molar-refractivity contribution < 1.29 is 14.3 Å². The van der Waals surface area contributed by atoms with Crippen molar-refractivity contribution in [3.63, 3.8) is 0 Å². The maximum Gasteiger partial charge on any atom is 0.167 e. The number of carbonyl (C=O) groups excluding carboxylic acids is 1. The Labute approximate surface area is 89.0 Å². The first-order chi connectivity index (χ1) is 7.25. The van der Waals surface area contributed by atoms with Crippen LogP contribution in [0.5, 0.6) is 0 Å². The van der Waals surface area contributed by atoms with Crippen molar-refractivity contribution in [2.75, 3.05) is 13.2 Å². The van der Waals surface area contributed by atoms with Gasteiger partial charge in [0.2, 0.25) is 0 Å². The van der Waals surface area contributed by atoms with Crippen molar-refractivity contribution in [3.8, 4) is 0 Å². The van der Waals surface area contributed by atoms with E-state index in [1.807, 2.05) is 31.2 Å². The molecule has 1 heterocycles. The van der Waals surface area contributed by atoms with Crippen molar-refractivity contribution in [3.05, 3.63) is 35.4 Å². The monoisotopic (exact) mass is 206 g/mol. The minimum Gasteiger partial charge on any atom is -0.350 e. The highest BCUT2D eigenvalue weighted by Gasteiger charge is 2.20. The van der Waals surface area contributed by atoms with Gasteiger partial charge in [0.1, 0.15) is 0 Å². The molecule has 2 rings (SSSR count). The van der Waals surface area contributed by atoms with Crippen LogP contribution >= 0.6 is 0 Å². The third-order valence-electron chi connectivity index (χ3n) is 2.42. The average molecular weight is 206 g/mol. The van der Waals surface area contributed by atoms with Crippen LogP contribution in [0.15, 0.2) is 24.3 Å². The van der Waals surface area contributed by atoms with Gasteiger partial charge >= 0.3 is 0 Å². The minimum absolute atomic E-state index is 0.0712. The molecular formula is C12H14O3. The van der Waals surface area contributed by atoms with Gasteiger partial charge in [0, 0.05) is 5.56 Å². The fourth-order valence-corrected chi connectivity index (χ4v) is 1.53. The molecule has 0 radical (unpaired) electrons. The Kier molecular flexibility index (Phi) is 3.14. The van der Waals surface area contributed by atoms with E-state index in [1.54, 1.807) is 0 Å². The largest absolute Gasteiger partial charge is 0.350 e. The van der Waals surface area contributed by atoms with E-state index in [-0.39, 0.29) is 12.1 Å². The summed E-state index contributed by atoms with van der Waals surface area (Å²) in [5.41, 5.74) is 1.87. The van der Waals surface area contributed by atoms with Crippen LogP contribution in [0.3, 0.4) is 0 Å². The summed E-state index contributed by atoms with van der Waals surface area (Å²) in [4.78, 5) is 11.8. The van der Waals surface area contributed by atoms with E-state index in [1.165, 1.54) is 0 Å². The summed E-state index contributed by atoms with van der Waals surface area (Å²) in [6.45, 7) is 3.18. The van der Waals surface area contributed by atoms with Gasteiger partial charge < -0.3 is 9.47 Å². The van der Waals surface area contributed by atoms with E-state index in [4.69, 9.17) is 9.47 Å². The summed E-state index contributed by atoms with van der Waals surface area (Å²) in [6.07, 6.45) is -0.0397. The van der Waals surface area contributed by atoms with Crippen LogP contribution in [0.1, 0.15) is 22.3 Å². The predicted octanol–water partition coefficient (Wildman–Crippen LogP) is 1.94. The van der Waals surface area contributed by atoms with E-state index >= 15 is 0 Å². The Morgan fingerprint density at radius 2 is 1.87 bits per heavy atom. The van der Waals surface area contributed by atoms with Crippen LogP contribution in [-0.2, 0) is 9.47 Å². The normalized spacial score (nSPS) is 16.9. The molecule has 15 heavy (non-hydrogen) atoms. The maximum absolute atomic E-state index is 11.8. The number of hydrogen-bond donors (Lipinski definition) is 0. The number of Topliss-reactive ketones (excluding diaryl/α,β-unsaturated/α-hetero) is 1. The number of benzene rings is 1. The zero-order valence-electron chi connectivity index (χ0n) is 8.73. The van der Waals surface area contributed by atoms with Gasteiger partial charge in [-0.3, -0.25) is 4.79 Å². The van der Waals surface area contributed by atoms with Gasteiger partial charge in [0.15, 0.2) is 12.1 Å². The summed E-state index contributed by atoms with van der Waals surface area (Å²) < 4.78 is 10.5. The minimum atomic E-state index is -0.348. The molecule has 1 aliphatic heterocycles. The molecule has 1 fully saturated rings. The van der Waals surface area contributed by atoms with Crippen LogP contribution in [0, 0.1) is 6.92 Å². The molecule has 0 aromatic heterocycles. The van der Waals surface area contributed by atoms with E-state index in [0.717, 1.165) is 11.1 Å². The molecule has 1 aromatic carbocycles. The lowest BCUT2D eigenvalue weighted by Crippen LogP contribution is -2.14. The van der Waals surface area contributed by atoms with Crippen LogP contribution in [-0.4, -0.2) is 25.3 Å². The Morgan fingerprint density at radius 3 is 2.47 bits per heavy atom. The molecule has 0 bridgehead atoms. The number of aryl methyl sites for hydroxylation is 1. The lowest BCUT2D eigenvalue weighted by atomic mass is 10.1. The summed E-state index contributed by atoms with van der Waals surface area (Å²) in [5, 5.41) is 0. The molecule has 3 nitrogen and oxygen atoms in total. The Hall–Kier alpha value is -1.19. The van der Waals surface area contributed by atoms with Gasteiger partial charge in [0.25, 0.3) is 0 Å². The lowest BCUT2D eigenvalue weighted by molar-refractivity contribution is -0.0407. The molecule has 0 saturated carbocycles. The Bertz CT molecular complexity index is 336. The number of carbonyl (C=O) groups is 1. The predicted molar refractivity (Wildman–Crippen MR) is 55.8 cm³/mol. The van der Waals surface area contributed by atoms with E-state index in [2.05, 4.69) is 0 Å². The summed E-state index contributed by atoms with van der Waals surface area (Å²) in [5.74, 6) is 0.0712. The van der Waals surface area contributed by atoms with Crippen LogP contribution < -0.4 is 0 Å². The molecule has 0 N–H and O–H groups in total. The fraction of sp³-hybridized carbons (Fsp3) is 0.417. The third kappa shape index (κ3) is 2.64. The van der Waals surface area contributed by atoms with Crippen molar-refractivity contribution in [1.82, 2.24) is 0 Å². The quantitative estimate of drug-likeness (QED) is 0.709.